The van der Waals surface area contributed by atoms with Crippen LogP contribution in [0.1, 0.15) is 19.9 Å². The predicted octanol–water partition coefficient (Wildman–Crippen LogP) is 2.87. The van der Waals surface area contributed by atoms with Crippen molar-refractivity contribution in [3.63, 3.8) is 0 Å². The third-order valence-electron chi connectivity index (χ3n) is 3.69. The minimum absolute atomic E-state index is 0.00617. The lowest BCUT2D eigenvalue weighted by Crippen LogP contribution is -2.28. The number of nitrogens with zero attached hydrogens (tertiary/aromatic N) is 4. The minimum Gasteiger partial charge on any atom is -0.342 e. The Bertz CT molecular complexity index is 760. The van der Waals surface area contributed by atoms with Gasteiger partial charge >= 0.3 is 0 Å². The average Bonchev–Trinajstić information content (AvgIpc) is 3.00. The molecule has 6 nitrogen and oxygen atoms in total. The molecule has 4 rings (SSSR count). The van der Waals surface area contributed by atoms with Crippen molar-refractivity contribution in [1.82, 2.24) is 19.5 Å². The first kappa shape index (κ1) is 13.9. The monoisotopic (exact) mass is 418 g/mol. The lowest BCUT2D eigenvalue weighted by Gasteiger charge is -2.23. The molecular weight excluding hydrogens is 407 g/mol. The van der Waals surface area contributed by atoms with Gasteiger partial charge in [-0.3, -0.25) is 0 Å². The lowest BCUT2D eigenvalue weighted by atomic mass is 10.2. The third-order valence-corrected chi connectivity index (χ3v) is 4.97. The Morgan fingerprint density at radius 3 is 2.90 bits per heavy atom. The Kier molecular flexibility index (Phi) is 3.04. The summed E-state index contributed by atoms with van der Waals surface area (Å²) in [6, 6.07) is -0.00617. The normalized spacial score (nSPS) is 30.7. The van der Waals surface area contributed by atoms with Gasteiger partial charge in [0.1, 0.15) is 24.1 Å². The van der Waals surface area contributed by atoms with E-state index < -0.39 is 5.79 Å². The number of hydrogen-bond donors (Lipinski definition) is 0. The zero-order chi connectivity index (χ0) is 14.8. The van der Waals surface area contributed by atoms with Gasteiger partial charge in [-0.05, 0) is 42.5 Å². The van der Waals surface area contributed by atoms with E-state index in [0.29, 0.717) is 16.3 Å². The number of rotatable bonds is 1. The van der Waals surface area contributed by atoms with Gasteiger partial charge in [-0.25, -0.2) is 15.0 Å². The van der Waals surface area contributed by atoms with Gasteiger partial charge in [-0.1, -0.05) is 11.6 Å². The summed E-state index contributed by atoms with van der Waals surface area (Å²) in [6.07, 6.45) is 5.14. The Balaban J connectivity index is 1.82. The third kappa shape index (κ3) is 2.09. The highest BCUT2D eigenvalue weighted by molar-refractivity contribution is 14.1. The van der Waals surface area contributed by atoms with Crippen LogP contribution in [0.5, 0.6) is 0 Å². The fourth-order valence-electron chi connectivity index (χ4n) is 2.92. The molecular formula is C13H12ClIN4O2. The zero-order valence-corrected chi connectivity index (χ0v) is 14.2. The smallest absolute Gasteiger partial charge is 0.165 e. The Morgan fingerprint density at radius 1 is 1.29 bits per heavy atom. The molecule has 21 heavy (non-hydrogen) atoms. The van der Waals surface area contributed by atoms with Crippen molar-refractivity contribution in [3.8, 4) is 0 Å². The van der Waals surface area contributed by atoms with Crippen LogP contribution in [0.4, 0.5) is 0 Å². The van der Waals surface area contributed by atoms with E-state index in [1.54, 1.807) is 6.33 Å². The van der Waals surface area contributed by atoms with E-state index in [-0.39, 0.29) is 18.2 Å². The molecule has 1 fully saturated rings. The van der Waals surface area contributed by atoms with Gasteiger partial charge in [0, 0.05) is 3.58 Å². The number of halogens is 2. The molecule has 110 valence electrons. The van der Waals surface area contributed by atoms with Crippen LogP contribution in [0.15, 0.2) is 22.3 Å². The predicted molar refractivity (Wildman–Crippen MR) is 85.3 cm³/mol. The zero-order valence-electron chi connectivity index (χ0n) is 11.3. The topological polar surface area (TPSA) is 62.1 Å². The Hall–Kier alpha value is -0.770. The molecule has 2 aromatic rings. The lowest BCUT2D eigenvalue weighted by molar-refractivity contribution is -0.147. The molecule has 0 aromatic carbocycles. The fourth-order valence-corrected chi connectivity index (χ4v) is 4.11. The molecule has 0 bridgehead atoms. The van der Waals surface area contributed by atoms with Gasteiger partial charge in [0.2, 0.25) is 0 Å². The van der Waals surface area contributed by atoms with Crippen LogP contribution in [0.2, 0.25) is 5.15 Å². The van der Waals surface area contributed by atoms with Crippen LogP contribution in [0.3, 0.4) is 0 Å². The van der Waals surface area contributed by atoms with Crippen LogP contribution in [-0.2, 0) is 9.47 Å². The summed E-state index contributed by atoms with van der Waals surface area (Å²) in [4.78, 5) is 12.6. The number of imidazole rings is 1. The molecule has 1 aliphatic carbocycles. The van der Waals surface area contributed by atoms with Crippen LogP contribution >= 0.6 is 34.2 Å². The quantitative estimate of drug-likeness (QED) is 0.526. The summed E-state index contributed by atoms with van der Waals surface area (Å²) < 4.78 is 15.1. The highest BCUT2D eigenvalue weighted by Crippen LogP contribution is 2.46. The molecule has 2 aromatic heterocycles. The summed E-state index contributed by atoms with van der Waals surface area (Å²) in [7, 11) is 0. The second-order valence-corrected chi connectivity index (χ2v) is 7.15. The maximum absolute atomic E-state index is 6.07. The standard InChI is InChI=1S/C13H12ClIN4O2/c1-13(2)20-7-3-6(15)9(10(7)21-13)19-5-18-8-11(14)16-4-17-12(8)19/h3-5,7,9-10H,1-2H3/t7-,9-,10-/m1/s1. The second-order valence-electron chi connectivity index (χ2n) is 5.55. The SMILES string of the molecule is CC1(C)O[C@H]2[C@H](n3cnc4c(Cl)ncnc43)C(I)=C[C@H]2O1. The van der Waals surface area contributed by atoms with Gasteiger partial charge < -0.3 is 14.0 Å². The van der Waals surface area contributed by atoms with E-state index in [4.69, 9.17) is 21.1 Å². The molecule has 1 saturated heterocycles. The van der Waals surface area contributed by atoms with Crippen LogP contribution < -0.4 is 0 Å². The molecule has 3 heterocycles. The van der Waals surface area contributed by atoms with Crippen molar-refractivity contribution >= 4 is 45.4 Å². The molecule has 3 atom stereocenters. The van der Waals surface area contributed by atoms with Gasteiger partial charge in [0.05, 0.1) is 12.4 Å². The molecule has 0 saturated carbocycles. The van der Waals surface area contributed by atoms with Crippen molar-refractivity contribution in [1.29, 1.82) is 0 Å². The van der Waals surface area contributed by atoms with Gasteiger partial charge in [0.15, 0.2) is 16.6 Å². The molecule has 8 heteroatoms. The largest absolute Gasteiger partial charge is 0.342 e. The maximum atomic E-state index is 6.07. The van der Waals surface area contributed by atoms with E-state index >= 15 is 0 Å². The highest BCUT2D eigenvalue weighted by Gasteiger charge is 2.50. The van der Waals surface area contributed by atoms with E-state index in [1.807, 2.05) is 18.4 Å². The molecule has 0 N–H and O–H groups in total. The molecule has 0 unspecified atom stereocenters. The van der Waals surface area contributed by atoms with E-state index in [9.17, 15) is 0 Å². The van der Waals surface area contributed by atoms with E-state index in [1.165, 1.54) is 6.33 Å². The number of ether oxygens (including phenoxy) is 2. The summed E-state index contributed by atoms with van der Waals surface area (Å²) in [5.41, 5.74) is 1.31. The summed E-state index contributed by atoms with van der Waals surface area (Å²) >= 11 is 8.38. The molecule has 2 aliphatic rings. The first-order valence-electron chi connectivity index (χ1n) is 6.52. The molecule has 0 amide bonds. The fraction of sp³-hybridized carbons (Fsp3) is 0.462. The van der Waals surface area contributed by atoms with Crippen LogP contribution in [-0.4, -0.2) is 37.5 Å². The maximum Gasteiger partial charge on any atom is 0.165 e. The Morgan fingerprint density at radius 2 is 2.10 bits per heavy atom. The summed E-state index contributed by atoms with van der Waals surface area (Å²) in [5.74, 6) is -0.579. The number of hydrogen-bond acceptors (Lipinski definition) is 5. The average molecular weight is 419 g/mol. The number of fused-ring (bicyclic) bond motifs is 2. The molecule has 0 spiro atoms. The van der Waals surface area contributed by atoms with Gasteiger partial charge in [0.25, 0.3) is 0 Å². The first-order chi connectivity index (χ1) is 9.96. The van der Waals surface area contributed by atoms with Gasteiger partial charge in [-0.15, -0.1) is 0 Å². The Labute approximate surface area is 139 Å². The summed E-state index contributed by atoms with van der Waals surface area (Å²) in [6.45, 7) is 3.85. The van der Waals surface area contributed by atoms with Crippen molar-refractivity contribution in [2.24, 2.45) is 0 Å². The number of aromatic nitrogens is 4. The van der Waals surface area contributed by atoms with E-state index in [2.05, 4.69) is 43.6 Å². The van der Waals surface area contributed by atoms with Crippen LogP contribution in [0, 0.1) is 0 Å². The van der Waals surface area contributed by atoms with Crippen molar-refractivity contribution in [2.45, 2.75) is 37.9 Å². The second kappa shape index (κ2) is 4.61. The minimum atomic E-state index is -0.579. The molecule has 1 aliphatic heterocycles. The van der Waals surface area contributed by atoms with Gasteiger partial charge in [-0.2, -0.15) is 0 Å². The van der Waals surface area contributed by atoms with Crippen molar-refractivity contribution in [3.05, 3.63) is 27.5 Å². The van der Waals surface area contributed by atoms with Crippen molar-refractivity contribution < 1.29 is 9.47 Å². The summed E-state index contributed by atoms with van der Waals surface area (Å²) in [5, 5.41) is 0.358. The first-order valence-corrected chi connectivity index (χ1v) is 7.98. The van der Waals surface area contributed by atoms with E-state index in [0.717, 1.165) is 3.58 Å². The molecule has 0 radical (unpaired) electrons. The van der Waals surface area contributed by atoms with Crippen LogP contribution in [0.25, 0.3) is 11.2 Å². The van der Waals surface area contributed by atoms with Crippen molar-refractivity contribution in [2.75, 3.05) is 0 Å². The highest BCUT2D eigenvalue weighted by atomic mass is 127.